The number of aryl methyl sites for hydroxylation is 2. The second-order valence-electron chi connectivity index (χ2n) is 8.13. The van der Waals surface area contributed by atoms with Gasteiger partial charge < -0.3 is 14.8 Å². The van der Waals surface area contributed by atoms with Gasteiger partial charge in [-0.3, -0.25) is 9.69 Å². The predicted molar refractivity (Wildman–Crippen MR) is 125 cm³/mol. The number of hydrogen-bond acceptors (Lipinski definition) is 7. The summed E-state index contributed by atoms with van der Waals surface area (Å²) in [6, 6.07) is 13.7. The highest BCUT2D eigenvalue weighted by Crippen LogP contribution is 2.20. The molecule has 2 N–H and O–H groups in total. The maximum Gasteiger partial charge on any atom is 0.252 e. The molecule has 4 rings (SSSR count). The molecule has 0 radical (unpaired) electrons. The van der Waals surface area contributed by atoms with Gasteiger partial charge in [-0.2, -0.15) is 0 Å². The van der Waals surface area contributed by atoms with Gasteiger partial charge in [0.15, 0.2) is 5.82 Å². The van der Waals surface area contributed by atoms with Crippen LogP contribution in [0, 0.1) is 13.8 Å². The Labute approximate surface area is 191 Å². The molecule has 2 aromatic heterocycles. The van der Waals surface area contributed by atoms with E-state index in [4.69, 9.17) is 4.74 Å². The van der Waals surface area contributed by atoms with Gasteiger partial charge in [-0.15, -0.1) is 5.10 Å². The van der Waals surface area contributed by atoms with Crippen LogP contribution in [0.1, 0.15) is 28.1 Å². The molecule has 2 heterocycles. The molecule has 0 aliphatic heterocycles. The van der Waals surface area contributed by atoms with E-state index >= 15 is 0 Å². The lowest BCUT2D eigenvalue weighted by molar-refractivity contribution is 0.179. The van der Waals surface area contributed by atoms with E-state index in [1.165, 1.54) is 0 Å². The molecule has 0 atom stereocenters. The SMILES string of the molecule is COc1ccc(Cn2nnnc2CN(CCO)Cc2cc3ccc(C)c(C)c3[nH]c2=O)cc1. The Morgan fingerprint density at radius 1 is 1.12 bits per heavy atom. The van der Waals surface area contributed by atoms with Crippen LogP contribution < -0.4 is 10.3 Å². The highest BCUT2D eigenvalue weighted by atomic mass is 16.5. The highest BCUT2D eigenvalue weighted by molar-refractivity contribution is 5.83. The van der Waals surface area contributed by atoms with Crippen molar-refractivity contribution in [2.75, 3.05) is 20.3 Å². The summed E-state index contributed by atoms with van der Waals surface area (Å²) in [7, 11) is 1.63. The number of methoxy groups -OCH3 is 1. The number of H-pyrrole nitrogens is 1. The molecular weight excluding hydrogens is 420 g/mol. The number of aliphatic hydroxyl groups is 1. The zero-order chi connectivity index (χ0) is 23.4. The van der Waals surface area contributed by atoms with Crippen molar-refractivity contribution in [3.63, 3.8) is 0 Å². The lowest BCUT2D eigenvalue weighted by Gasteiger charge is -2.21. The number of ether oxygens (including phenoxy) is 1. The zero-order valence-electron chi connectivity index (χ0n) is 19.1. The average Bonchev–Trinajstić information content (AvgIpc) is 3.24. The van der Waals surface area contributed by atoms with Crippen molar-refractivity contribution < 1.29 is 9.84 Å². The Bertz CT molecular complexity index is 1300. The number of benzene rings is 2. The summed E-state index contributed by atoms with van der Waals surface area (Å²) >= 11 is 0. The van der Waals surface area contributed by atoms with Crippen molar-refractivity contribution in [2.45, 2.75) is 33.5 Å². The summed E-state index contributed by atoms with van der Waals surface area (Å²) in [4.78, 5) is 17.8. The summed E-state index contributed by atoms with van der Waals surface area (Å²) in [6.45, 7) is 5.66. The molecule has 0 amide bonds. The lowest BCUT2D eigenvalue weighted by Crippen LogP contribution is -2.30. The van der Waals surface area contributed by atoms with E-state index in [0.717, 1.165) is 33.3 Å². The fraction of sp³-hybridized carbons (Fsp3) is 0.333. The maximum atomic E-state index is 12.8. The minimum atomic E-state index is -0.128. The molecule has 9 nitrogen and oxygen atoms in total. The third-order valence-electron chi connectivity index (χ3n) is 5.90. The van der Waals surface area contributed by atoms with Gasteiger partial charge in [0.2, 0.25) is 0 Å². The maximum absolute atomic E-state index is 12.8. The van der Waals surface area contributed by atoms with E-state index < -0.39 is 0 Å². The number of hydrogen-bond donors (Lipinski definition) is 2. The zero-order valence-corrected chi connectivity index (χ0v) is 19.1. The van der Waals surface area contributed by atoms with Gasteiger partial charge in [0.05, 0.1) is 32.3 Å². The molecule has 0 aliphatic carbocycles. The van der Waals surface area contributed by atoms with Crippen LogP contribution in [0.4, 0.5) is 0 Å². The van der Waals surface area contributed by atoms with Crippen LogP contribution in [-0.2, 0) is 19.6 Å². The first kappa shape index (κ1) is 22.6. The molecule has 33 heavy (non-hydrogen) atoms. The predicted octanol–water partition coefficient (Wildman–Crippen LogP) is 2.18. The molecule has 0 saturated heterocycles. The fourth-order valence-corrected chi connectivity index (χ4v) is 3.85. The molecule has 0 fully saturated rings. The largest absolute Gasteiger partial charge is 0.497 e. The van der Waals surface area contributed by atoms with Gasteiger partial charge in [-0.1, -0.05) is 24.3 Å². The van der Waals surface area contributed by atoms with E-state index in [1.54, 1.807) is 11.8 Å². The normalized spacial score (nSPS) is 11.4. The second-order valence-corrected chi connectivity index (χ2v) is 8.13. The van der Waals surface area contributed by atoms with Crippen molar-refractivity contribution in [2.24, 2.45) is 0 Å². The monoisotopic (exact) mass is 448 g/mol. The number of pyridine rings is 1. The molecule has 4 aromatic rings. The topological polar surface area (TPSA) is 109 Å². The first-order chi connectivity index (χ1) is 16.0. The van der Waals surface area contributed by atoms with E-state index in [1.807, 2.05) is 55.1 Å². The highest BCUT2D eigenvalue weighted by Gasteiger charge is 2.15. The van der Waals surface area contributed by atoms with Gasteiger partial charge >= 0.3 is 0 Å². The minimum Gasteiger partial charge on any atom is -0.497 e. The molecule has 0 unspecified atom stereocenters. The van der Waals surface area contributed by atoms with E-state index in [9.17, 15) is 9.90 Å². The third kappa shape index (κ3) is 5.10. The van der Waals surface area contributed by atoms with Gasteiger partial charge in [-0.25, -0.2) is 4.68 Å². The summed E-state index contributed by atoms with van der Waals surface area (Å²) in [5, 5.41) is 22.7. The molecule has 0 spiro atoms. The smallest absolute Gasteiger partial charge is 0.252 e. The summed E-state index contributed by atoms with van der Waals surface area (Å²) < 4.78 is 6.93. The van der Waals surface area contributed by atoms with Gasteiger partial charge in [0.1, 0.15) is 5.75 Å². The lowest BCUT2D eigenvalue weighted by atomic mass is 10.0. The van der Waals surface area contributed by atoms with Crippen LogP contribution in [0.15, 0.2) is 47.3 Å². The van der Waals surface area contributed by atoms with Gasteiger partial charge in [0.25, 0.3) is 5.56 Å². The van der Waals surface area contributed by atoms with Crippen LogP contribution in [0.2, 0.25) is 0 Å². The summed E-state index contributed by atoms with van der Waals surface area (Å²) in [6.07, 6.45) is 0. The summed E-state index contributed by atoms with van der Waals surface area (Å²) in [5.74, 6) is 1.44. The average molecular weight is 449 g/mol. The van der Waals surface area contributed by atoms with Gasteiger partial charge in [-0.05, 0) is 64.5 Å². The quantitative estimate of drug-likeness (QED) is 0.404. The van der Waals surface area contributed by atoms with Gasteiger partial charge in [0, 0.05) is 18.7 Å². The molecule has 9 heteroatoms. The number of rotatable bonds is 9. The van der Waals surface area contributed by atoms with Crippen molar-refractivity contribution in [3.8, 4) is 5.75 Å². The number of aromatic nitrogens is 5. The summed E-state index contributed by atoms with van der Waals surface area (Å²) in [5.41, 5.74) is 4.61. The standard InChI is InChI=1S/C24H28N6O3/c1-16-4-7-19-12-20(24(32)25-23(19)17(16)2)14-29(10-11-31)15-22-26-27-28-30(22)13-18-5-8-21(33-3)9-6-18/h4-9,12,31H,10-11,13-15H2,1-3H3,(H,25,32). The molecule has 0 bridgehead atoms. The van der Waals surface area contributed by atoms with Crippen molar-refractivity contribution in [3.05, 3.63) is 80.9 Å². The second kappa shape index (κ2) is 9.93. The Kier molecular flexibility index (Phi) is 6.81. The Balaban J connectivity index is 1.54. The molecule has 172 valence electrons. The number of nitrogens with one attached hydrogen (secondary N) is 1. The van der Waals surface area contributed by atoms with Crippen molar-refractivity contribution in [1.82, 2.24) is 30.1 Å². The third-order valence-corrected chi connectivity index (χ3v) is 5.90. The molecular formula is C24H28N6O3. The van der Waals surface area contributed by atoms with E-state index in [0.29, 0.717) is 37.6 Å². The number of aromatic amines is 1. The Morgan fingerprint density at radius 3 is 2.64 bits per heavy atom. The van der Waals surface area contributed by atoms with Crippen LogP contribution in [-0.4, -0.2) is 55.5 Å². The van der Waals surface area contributed by atoms with Crippen molar-refractivity contribution in [1.29, 1.82) is 0 Å². The minimum absolute atomic E-state index is 0.0379. The van der Waals surface area contributed by atoms with E-state index in [-0.39, 0.29) is 12.2 Å². The van der Waals surface area contributed by atoms with Crippen LogP contribution >= 0.6 is 0 Å². The molecule has 0 saturated carbocycles. The van der Waals surface area contributed by atoms with E-state index in [2.05, 4.69) is 26.6 Å². The number of fused-ring (bicyclic) bond motifs is 1. The number of aliphatic hydroxyl groups excluding tert-OH is 1. The van der Waals surface area contributed by atoms with Crippen LogP contribution in [0.25, 0.3) is 10.9 Å². The number of nitrogens with zero attached hydrogens (tertiary/aromatic N) is 5. The Morgan fingerprint density at radius 2 is 1.91 bits per heavy atom. The Hall–Kier alpha value is -3.56. The number of tetrazole rings is 1. The molecule has 2 aromatic carbocycles. The first-order valence-corrected chi connectivity index (χ1v) is 10.8. The van der Waals surface area contributed by atoms with Crippen molar-refractivity contribution >= 4 is 10.9 Å². The van der Waals surface area contributed by atoms with Crippen LogP contribution in [0.3, 0.4) is 0 Å². The fourth-order valence-electron chi connectivity index (χ4n) is 3.85. The molecule has 0 aliphatic rings. The van der Waals surface area contributed by atoms with Crippen LogP contribution in [0.5, 0.6) is 5.75 Å². The first-order valence-electron chi connectivity index (χ1n) is 10.8.